The van der Waals surface area contributed by atoms with Crippen LogP contribution in [0.15, 0.2) is 0 Å². The SMILES string of the molecule is CC.CCN1CCCC(OC)C1C. The first kappa shape index (κ1) is 12.9. The summed E-state index contributed by atoms with van der Waals surface area (Å²) in [5, 5.41) is 0. The average Bonchev–Trinajstić information content (AvgIpc) is 2.21. The van der Waals surface area contributed by atoms with Crippen molar-refractivity contribution in [1.82, 2.24) is 4.90 Å². The number of likely N-dealkylation sites (tertiary alicyclic amines) is 1. The highest BCUT2D eigenvalue weighted by molar-refractivity contribution is 4.80. The van der Waals surface area contributed by atoms with Crippen LogP contribution in [0.2, 0.25) is 0 Å². The molecule has 0 radical (unpaired) electrons. The number of methoxy groups -OCH3 is 1. The summed E-state index contributed by atoms with van der Waals surface area (Å²) < 4.78 is 5.39. The molecule has 0 N–H and O–H groups in total. The molecule has 1 fully saturated rings. The number of nitrogens with zero attached hydrogens (tertiary/aromatic N) is 1. The number of piperidine rings is 1. The molecule has 2 nitrogen and oxygen atoms in total. The van der Waals surface area contributed by atoms with Gasteiger partial charge in [-0.15, -0.1) is 0 Å². The van der Waals surface area contributed by atoms with Gasteiger partial charge in [0.05, 0.1) is 6.10 Å². The summed E-state index contributed by atoms with van der Waals surface area (Å²) in [6, 6.07) is 0.610. The van der Waals surface area contributed by atoms with E-state index in [1.807, 2.05) is 21.0 Å². The molecule has 1 aliphatic heterocycles. The van der Waals surface area contributed by atoms with Gasteiger partial charge >= 0.3 is 0 Å². The first-order valence-electron chi connectivity index (χ1n) is 5.56. The fourth-order valence-electron chi connectivity index (χ4n) is 1.94. The van der Waals surface area contributed by atoms with E-state index in [2.05, 4.69) is 18.7 Å². The first-order chi connectivity index (χ1) is 6.29. The van der Waals surface area contributed by atoms with E-state index in [0.717, 1.165) is 6.54 Å². The summed E-state index contributed by atoms with van der Waals surface area (Å²) in [7, 11) is 1.82. The van der Waals surface area contributed by atoms with Gasteiger partial charge in [-0.3, -0.25) is 4.90 Å². The number of ether oxygens (including phenoxy) is 1. The zero-order valence-corrected chi connectivity index (χ0v) is 9.84. The zero-order valence-electron chi connectivity index (χ0n) is 9.84. The topological polar surface area (TPSA) is 12.5 Å². The van der Waals surface area contributed by atoms with Crippen molar-refractivity contribution in [3.63, 3.8) is 0 Å². The summed E-state index contributed by atoms with van der Waals surface area (Å²) in [4.78, 5) is 2.48. The minimum absolute atomic E-state index is 0.462. The lowest BCUT2D eigenvalue weighted by atomic mass is 10.0. The Hall–Kier alpha value is -0.0800. The second-order valence-electron chi connectivity index (χ2n) is 3.29. The molecule has 0 saturated carbocycles. The van der Waals surface area contributed by atoms with E-state index in [0.29, 0.717) is 12.1 Å². The molecular formula is C11H25NO. The Morgan fingerprint density at radius 1 is 1.38 bits per heavy atom. The molecule has 2 atom stereocenters. The molecule has 2 heteroatoms. The van der Waals surface area contributed by atoms with Crippen LogP contribution in [0.4, 0.5) is 0 Å². The van der Waals surface area contributed by atoms with Gasteiger partial charge < -0.3 is 4.74 Å². The van der Waals surface area contributed by atoms with Crippen LogP contribution in [-0.2, 0) is 4.74 Å². The van der Waals surface area contributed by atoms with E-state index in [9.17, 15) is 0 Å². The van der Waals surface area contributed by atoms with Crippen LogP contribution in [-0.4, -0.2) is 37.2 Å². The van der Waals surface area contributed by atoms with Gasteiger partial charge in [-0.05, 0) is 32.9 Å². The molecule has 0 spiro atoms. The van der Waals surface area contributed by atoms with E-state index in [1.54, 1.807) is 0 Å². The van der Waals surface area contributed by atoms with Gasteiger partial charge in [0.2, 0.25) is 0 Å². The molecule has 0 aromatic heterocycles. The molecule has 1 heterocycles. The third-order valence-electron chi connectivity index (χ3n) is 2.76. The molecule has 0 amide bonds. The van der Waals surface area contributed by atoms with Gasteiger partial charge in [0.1, 0.15) is 0 Å². The van der Waals surface area contributed by atoms with Crippen LogP contribution >= 0.6 is 0 Å². The van der Waals surface area contributed by atoms with Crippen molar-refractivity contribution in [3.05, 3.63) is 0 Å². The molecule has 1 saturated heterocycles. The summed E-state index contributed by atoms with van der Waals surface area (Å²) in [5.74, 6) is 0. The number of hydrogen-bond acceptors (Lipinski definition) is 2. The average molecular weight is 187 g/mol. The maximum atomic E-state index is 5.39. The minimum atomic E-state index is 0.462. The largest absolute Gasteiger partial charge is 0.380 e. The van der Waals surface area contributed by atoms with Crippen LogP contribution in [0.25, 0.3) is 0 Å². The molecule has 0 aromatic carbocycles. The van der Waals surface area contributed by atoms with E-state index in [1.165, 1.54) is 19.4 Å². The van der Waals surface area contributed by atoms with E-state index in [-0.39, 0.29) is 0 Å². The highest BCUT2D eigenvalue weighted by atomic mass is 16.5. The summed E-state index contributed by atoms with van der Waals surface area (Å²) >= 11 is 0. The van der Waals surface area contributed by atoms with Crippen molar-refractivity contribution in [2.45, 2.75) is 52.7 Å². The molecular weight excluding hydrogens is 162 g/mol. The van der Waals surface area contributed by atoms with E-state index < -0.39 is 0 Å². The predicted octanol–water partition coefficient (Wildman–Crippen LogP) is 2.53. The van der Waals surface area contributed by atoms with Crippen LogP contribution in [0.5, 0.6) is 0 Å². The fourth-order valence-corrected chi connectivity index (χ4v) is 1.94. The Bertz CT molecular complexity index is 105. The van der Waals surface area contributed by atoms with Gasteiger partial charge in [-0.1, -0.05) is 20.8 Å². The predicted molar refractivity (Wildman–Crippen MR) is 58.1 cm³/mol. The van der Waals surface area contributed by atoms with Gasteiger partial charge in [-0.2, -0.15) is 0 Å². The third kappa shape index (κ3) is 3.65. The number of hydrogen-bond donors (Lipinski definition) is 0. The Kier molecular flexibility index (Phi) is 7.29. The molecule has 0 aromatic rings. The Morgan fingerprint density at radius 2 is 2.00 bits per heavy atom. The lowest BCUT2D eigenvalue weighted by molar-refractivity contribution is -0.00867. The highest BCUT2D eigenvalue weighted by Crippen LogP contribution is 2.18. The summed E-state index contributed by atoms with van der Waals surface area (Å²) in [6.45, 7) is 10.9. The Labute approximate surface area is 83.3 Å². The van der Waals surface area contributed by atoms with Crippen LogP contribution < -0.4 is 0 Å². The van der Waals surface area contributed by atoms with Crippen molar-refractivity contribution < 1.29 is 4.74 Å². The maximum absolute atomic E-state index is 5.39. The second kappa shape index (κ2) is 7.34. The number of likely N-dealkylation sites (N-methyl/N-ethyl adjacent to an activating group) is 1. The Balaban J connectivity index is 0.000000671. The van der Waals surface area contributed by atoms with Crippen molar-refractivity contribution in [2.75, 3.05) is 20.2 Å². The third-order valence-corrected chi connectivity index (χ3v) is 2.76. The lowest BCUT2D eigenvalue weighted by Crippen LogP contribution is -2.46. The van der Waals surface area contributed by atoms with Gasteiger partial charge in [-0.25, -0.2) is 0 Å². The van der Waals surface area contributed by atoms with Crippen molar-refractivity contribution >= 4 is 0 Å². The smallest absolute Gasteiger partial charge is 0.0724 e. The van der Waals surface area contributed by atoms with Crippen molar-refractivity contribution in [1.29, 1.82) is 0 Å². The summed E-state index contributed by atoms with van der Waals surface area (Å²) in [6.07, 6.45) is 2.98. The first-order valence-corrected chi connectivity index (χ1v) is 5.56. The lowest BCUT2D eigenvalue weighted by Gasteiger charge is -2.37. The fraction of sp³-hybridized carbons (Fsp3) is 1.00. The molecule has 1 rings (SSSR count). The summed E-state index contributed by atoms with van der Waals surface area (Å²) in [5.41, 5.74) is 0. The molecule has 13 heavy (non-hydrogen) atoms. The standard InChI is InChI=1S/C9H19NO.C2H6/c1-4-10-7-5-6-9(11-3)8(10)2;1-2/h8-9H,4-7H2,1-3H3;1-2H3. The highest BCUT2D eigenvalue weighted by Gasteiger charge is 2.25. The van der Waals surface area contributed by atoms with Crippen molar-refractivity contribution in [2.24, 2.45) is 0 Å². The Morgan fingerprint density at radius 3 is 2.46 bits per heavy atom. The van der Waals surface area contributed by atoms with Crippen molar-refractivity contribution in [3.8, 4) is 0 Å². The molecule has 80 valence electrons. The maximum Gasteiger partial charge on any atom is 0.0724 e. The van der Waals surface area contributed by atoms with Gasteiger partial charge in [0.25, 0.3) is 0 Å². The second-order valence-corrected chi connectivity index (χ2v) is 3.29. The van der Waals surface area contributed by atoms with E-state index >= 15 is 0 Å². The minimum Gasteiger partial charge on any atom is -0.380 e. The van der Waals surface area contributed by atoms with E-state index in [4.69, 9.17) is 4.74 Å². The van der Waals surface area contributed by atoms with Crippen LogP contribution in [0.3, 0.4) is 0 Å². The quantitative estimate of drug-likeness (QED) is 0.658. The van der Waals surface area contributed by atoms with Gasteiger partial charge in [0, 0.05) is 13.2 Å². The van der Waals surface area contributed by atoms with Gasteiger partial charge in [0.15, 0.2) is 0 Å². The molecule has 1 aliphatic rings. The monoisotopic (exact) mass is 187 g/mol. The number of rotatable bonds is 2. The van der Waals surface area contributed by atoms with Crippen LogP contribution in [0.1, 0.15) is 40.5 Å². The molecule has 0 bridgehead atoms. The zero-order chi connectivity index (χ0) is 10.3. The molecule has 0 aliphatic carbocycles. The normalized spacial score (nSPS) is 29.3. The molecule has 2 unspecified atom stereocenters. The van der Waals surface area contributed by atoms with Crippen LogP contribution in [0, 0.1) is 0 Å².